The summed E-state index contributed by atoms with van der Waals surface area (Å²) in [6.07, 6.45) is 0. The van der Waals surface area contributed by atoms with E-state index in [1.54, 1.807) is 6.07 Å². The summed E-state index contributed by atoms with van der Waals surface area (Å²) in [7, 11) is 0. The molecular formula is C10H5BrN2. The molecule has 0 bridgehead atoms. The zero-order chi connectivity index (χ0) is 9.26. The van der Waals surface area contributed by atoms with Crippen LogP contribution in [0.3, 0.4) is 0 Å². The van der Waals surface area contributed by atoms with Gasteiger partial charge in [0, 0.05) is 5.39 Å². The van der Waals surface area contributed by atoms with Crippen LogP contribution in [0.4, 0.5) is 0 Å². The maximum Gasteiger partial charge on any atom is 0.106 e. The van der Waals surface area contributed by atoms with Crippen molar-refractivity contribution in [1.82, 2.24) is 4.98 Å². The first kappa shape index (κ1) is 8.21. The van der Waals surface area contributed by atoms with Crippen LogP contribution in [0.1, 0.15) is 5.56 Å². The third-order valence-electron chi connectivity index (χ3n) is 1.82. The minimum Gasteiger partial charge on any atom is -0.241 e. The Balaban J connectivity index is 2.87. The molecule has 2 rings (SSSR count). The zero-order valence-electron chi connectivity index (χ0n) is 6.66. The molecule has 0 atom stereocenters. The molecule has 62 valence electrons. The summed E-state index contributed by atoms with van der Waals surface area (Å²) in [6, 6.07) is 11.4. The number of fused-ring (bicyclic) bond motifs is 1. The molecule has 1 heterocycles. The summed E-state index contributed by atoms with van der Waals surface area (Å²) >= 11 is 3.28. The van der Waals surface area contributed by atoms with Gasteiger partial charge in [-0.25, -0.2) is 4.98 Å². The van der Waals surface area contributed by atoms with Crippen LogP contribution < -0.4 is 0 Å². The number of nitriles is 1. The number of pyridine rings is 1. The van der Waals surface area contributed by atoms with E-state index >= 15 is 0 Å². The number of halogens is 1. The zero-order valence-corrected chi connectivity index (χ0v) is 8.25. The standard InChI is InChI=1S/C10H5BrN2/c11-10-5-4-8-7(6-12)2-1-3-9(8)13-10/h1-5H. The van der Waals surface area contributed by atoms with Crippen LogP contribution in [-0.4, -0.2) is 4.98 Å². The summed E-state index contributed by atoms with van der Waals surface area (Å²) < 4.78 is 0.787. The third-order valence-corrected chi connectivity index (χ3v) is 2.26. The molecule has 0 aliphatic rings. The Bertz CT molecular complexity index is 500. The maximum absolute atomic E-state index is 8.82. The van der Waals surface area contributed by atoms with E-state index in [9.17, 15) is 0 Å². The van der Waals surface area contributed by atoms with E-state index in [2.05, 4.69) is 27.0 Å². The summed E-state index contributed by atoms with van der Waals surface area (Å²) in [5.41, 5.74) is 1.51. The summed E-state index contributed by atoms with van der Waals surface area (Å²) in [6.45, 7) is 0. The van der Waals surface area contributed by atoms with Crippen molar-refractivity contribution in [2.75, 3.05) is 0 Å². The second-order valence-electron chi connectivity index (χ2n) is 2.62. The van der Waals surface area contributed by atoms with Gasteiger partial charge in [-0.1, -0.05) is 6.07 Å². The van der Waals surface area contributed by atoms with Crippen molar-refractivity contribution < 1.29 is 0 Å². The lowest BCUT2D eigenvalue weighted by molar-refractivity contribution is 1.35. The Kier molecular flexibility index (Phi) is 1.99. The van der Waals surface area contributed by atoms with Crippen LogP contribution >= 0.6 is 15.9 Å². The predicted octanol–water partition coefficient (Wildman–Crippen LogP) is 2.87. The van der Waals surface area contributed by atoms with Crippen molar-refractivity contribution in [3.8, 4) is 6.07 Å². The molecule has 0 aliphatic heterocycles. The van der Waals surface area contributed by atoms with Crippen LogP contribution in [0.25, 0.3) is 10.9 Å². The van der Waals surface area contributed by atoms with Gasteiger partial charge in [0.2, 0.25) is 0 Å². The van der Waals surface area contributed by atoms with Crippen LogP contribution in [0.2, 0.25) is 0 Å². The molecule has 0 saturated heterocycles. The SMILES string of the molecule is N#Cc1cccc2nc(Br)ccc12. The number of aromatic nitrogens is 1. The van der Waals surface area contributed by atoms with Crippen molar-refractivity contribution in [2.45, 2.75) is 0 Å². The van der Waals surface area contributed by atoms with Gasteiger partial charge >= 0.3 is 0 Å². The highest BCUT2D eigenvalue weighted by Crippen LogP contribution is 2.18. The van der Waals surface area contributed by atoms with Gasteiger partial charge in [0.1, 0.15) is 4.60 Å². The molecule has 0 aliphatic carbocycles. The minimum absolute atomic E-state index is 0.664. The minimum atomic E-state index is 0.664. The maximum atomic E-state index is 8.82. The lowest BCUT2D eigenvalue weighted by Crippen LogP contribution is -1.82. The summed E-state index contributed by atoms with van der Waals surface area (Å²) in [5.74, 6) is 0. The van der Waals surface area contributed by atoms with Crippen LogP contribution in [0, 0.1) is 11.3 Å². The van der Waals surface area contributed by atoms with Crippen molar-refractivity contribution in [3.63, 3.8) is 0 Å². The Morgan fingerprint density at radius 2 is 2.08 bits per heavy atom. The Hall–Kier alpha value is -1.40. The molecule has 0 fully saturated rings. The molecular weight excluding hydrogens is 228 g/mol. The van der Waals surface area contributed by atoms with Crippen LogP contribution in [-0.2, 0) is 0 Å². The second kappa shape index (κ2) is 3.15. The smallest absolute Gasteiger partial charge is 0.106 e. The van der Waals surface area contributed by atoms with Gasteiger partial charge in [0.25, 0.3) is 0 Å². The fourth-order valence-electron chi connectivity index (χ4n) is 1.23. The first-order valence-electron chi connectivity index (χ1n) is 3.76. The fraction of sp³-hybridized carbons (Fsp3) is 0. The summed E-state index contributed by atoms with van der Waals surface area (Å²) in [4.78, 5) is 4.25. The summed E-state index contributed by atoms with van der Waals surface area (Å²) in [5, 5.41) is 9.71. The molecule has 1 aromatic carbocycles. The first-order chi connectivity index (χ1) is 6.31. The predicted molar refractivity (Wildman–Crippen MR) is 54.2 cm³/mol. The van der Waals surface area contributed by atoms with Crippen molar-refractivity contribution in [3.05, 3.63) is 40.5 Å². The lowest BCUT2D eigenvalue weighted by atomic mass is 10.1. The van der Waals surface area contributed by atoms with E-state index in [1.807, 2.05) is 24.3 Å². The van der Waals surface area contributed by atoms with Gasteiger partial charge in [-0.2, -0.15) is 5.26 Å². The molecule has 0 spiro atoms. The number of hydrogen-bond donors (Lipinski definition) is 0. The van der Waals surface area contributed by atoms with E-state index in [0.717, 1.165) is 15.5 Å². The molecule has 0 saturated carbocycles. The van der Waals surface area contributed by atoms with Crippen molar-refractivity contribution >= 4 is 26.8 Å². The van der Waals surface area contributed by atoms with Crippen molar-refractivity contribution in [1.29, 1.82) is 5.26 Å². The topological polar surface area (TPSA) is 36.7 Å². The van der Waals surface area contributed by atoms with E-state index < -0.39 is 0 Å². The molecule has 3 heteroatoms. The molecule has 0 unspecified atom stereocenters. The van der Waals surface area contributed by atoms with E-state index in [0.29, 0.717) is 5.56 Å². The molecule has 13 heavy (non-hydrogen) atoms. The molecule has 0 N–H and O–H groups in total. The number of nitrogens with zero attached hydrogens (tertiary/aromatic N) is 2. The number of benzene rings is 1. The van der Waals surface area contributed by atoms with Gasteiger partial charge in [0.15, 0.2) is 0 Å². The van der Waals surface area contributed by atoms with Gasteiger partial charge in [-0.3, -0.25) is 0 Å². The number of hydrogen-bond acceptors (Lipinski definition) is 2. The normalized spacial score (nSPS) is 9.85. The van der Waals surface area contributed by atoms with Gasteiger partial charge < -0.3 is 0 Å². The van der Waals surface area contributed by atoms with Crippen LogP contribution in [0.15, 0.2) is 34.9 Å². The molecule has 0 radical (unpaired) electrons. The Morgan fingerprint density at radius 3 is 2.85 bits per heavy atom. The average molecular weight is 233 g/mol. The van der Waals surface area contributed by atoms with Crippen molar-refractivity contribution in [2.24, 2.45) is 0 Å². The lowest BCUT2D eigenvalue weighted by Gasteiger charge is -1.98. The highest BCUT2D eigenvalue weighted by atomic mass is 79.9. The molecule has 0 amide bonds. The molecule has 1 aromatic heterocycles. The van der Waals surface area contributed by atoms with Gasteiger partial charge in [-0.05, 0) is 40.2 Å². The first-order valence-corrected chi connectivity index (χ1v) is 4.56. The van der Waals surface area contributed by atoms with E-state index in [4.69, 9.17) is 5.26 Å². The molecule has 2 nitrogen and oxygen atoms in total. The third kappa shape index (κ3) is 1.41. The Labute approximate surface area is 84.0 Å². The highest BCUT2D eigenvalue weighted by molar-refractivity contribution is 9.10. The van der Waals surface area contributed by atoms with E-state index in [1.165, 1.54) is 0 Å². The fourth-order valence-corrected chi connectivity index (χ4v) is 1.55. The quantitative estimate of drug-likeness (QED) is 0.656. The monoisotopic (exact) mass is 232 g/mol. The second-order valence-corrected chi connectivity index (χ2v) is 3.43. The van der Waals surface area contributed by atoms with Gasteiger partial charge in [-0.15, -0.1) is 0 Å². The van der Waals surface area contributed by atoms with Gasteiger partial charge in [0.05, 0.1) is 17.1 Å². The van der Waals surface area contributed by atoms with Crippen LogP contribution in [0.5, 0.6) is 0 Å². The highest BCUT2D eigenvalue weighted by Gasteiger charge is 2.00. The largest absolute Gasteiger partial charge is 0.241 e. The number of rotatable bonds is 0. The Morgan fingerprint density at radius 1 is 1.23 bits per heavy atom. The molecule has 2 aromatic rings. The van der Waals surface area contributed by atoms with E-state index in [-0.39, 0.29) is 0 Å². The average Bonchev–Trinajstić information content (AvgIpc) is 2.16.